The Labute approximate surface area is 149 Å². The predicted octanol–water partition coefficient (Wildman–Crippen LogP) is 3.09. The summed E-state index contributed by atoms with van der Waals surface area (Å²) >= 11 is 0. The standard InChI is InChI=1S/C18H21F3N2O3/c1-3-26-16(25)14(23-17(2)5-4-6-17)10-7-11-12(9-22-15(11)24)13(8-10)18(19,20)21/h7-8,14,23H,3-6,9H2,1-2H3,(H,22,24). The van der Waals surface area contributed by atoms with Crippen LogP contribution in [0, 0.1) is 0 Å². The fourth-order valence-electron chi connectivity index (χ4n) is 3.47. The SMILES string of the molecule is CCOC(=O)C(NC1(C)CCC1)c1cc2c(c(C(F)(F)F)c1)CNC2=O. The lowest BCUT2D eigenvalue weighted by Gasteiger charge is -2.42. The van der Waals surface area contributed by atoms with Gasteiger partial charge in [-0.15, -0.1) is 0 Å². The lowest BCUT2D eigenvalue weighted by atomic mass is 9.77. The van der Waals surface area contributed by atoms with Gasteiger partial charge in [-0.2, -0.15) is 13.2 Å². The van der Waals surface area contributed by atoms with Crippen LogP contribution in [0.5, 0.6) is 0 Å². The van der Waals surface area contributed by atoms with Crippen molar-refractivity contribution in [1.29, 1.82) is 0 Å². The molecule has 1 unspecified atom stereocenters. The van der Waals surface area contributed by atoms with Gasteiger partial charge in [-0.25, -0.2) is 4.79 Å². The van der Waals surface area contributed by atoms with Gasteiger partial charge in [0.1, 0.15) is 6.04 Å². The van der Waals surface area contributed by atoms with Gasteiger partial charge in [0.05, 0.1) is 12.2 Å². The van der Waals surface area contributed by atoms with Crippen LogP contribution in [0.4, 0.5) is 13.2 Å². The first kappa shape index (κ1) is 18.7. The lowest BCUT2D eigenvalue weighted by molar-refractivity contribution is -0.147. The molecular weight excluding hydrogens is 349 g/mol. The summed E-state index contributed by atoms with van der Waals surface area (Å²) < 4.78 is 45.6. The van der Waals surface area contributed by atoms with Gasteiger partial charge in [0.2, 0.25) is 0 Å². The second kappa shape index (κ2) is 6.57. The summed E-state index contributed by atoms with van der Waals surface area (Å²) in [5, 5.41) is 5.55. The first-order chi connectivity index (χ1) is 12.1. The molecule has 1 fully saturated rings. The second-order valence-corrected chi connectivity index (χ2v) is 7.02. The average molecular weight is 370 g/mol. The van der Waals surface area contributed by atoms with Crippen LogP contribution < -0.4 is 10.6 Å². The van der Waals surface area contributed by atoms with Crippen LogP contribution in [0.15, 0.2) is 12.1 Å². The molecule has 5 nitrogen and oxygen atoms in total. The third-order valence-corrected chi connectivity index (χ3v) is 5.05. The fourth-order valence-corrected chi connectivity index (χ4v) is 3.47. The molecule has 1 aromatic rings. The van der Waals surface area contributed by atoms with Crippen LogP contribution in [0.2, 0.25) is 0 Å². The van der Waals surface area contributed by atoms with Gasteiger partial charge in [0, 0.05) is 17.6 Å². The van der Waals surface area contributed by atoms with Crippen molar-refractivity contribution in [3.8, 4) is 0 Å². The Morgan fingerprint density at radius 1 is 1.38 bits per heavy atom. The Bertz CT molecular complexity index is 742. The van der Waals surface area contributed by atoms with Crippen molar-refractivity contribution >= 4 is 11.9 Å². The van der Waals surface area contributed by atoms with Gasteiger partial charge in [-0.1, -0.05) is 0 Å². The Balaban J connectivity index is 2.07. The number of carbonyl (C=O) groups excluding carboxylic acids is 2. The van der Waals surface area contributed by atoms with E-state index in [1.807, 2.05) is 6.92 Å². The van der Waals surface area contributed by atoms with E-state index in [0.29, 0.717) is 0 Å². The van der Waals surface area contributed by atoms with Crippen LogP contribution >= 0.6 is 0 Å². The number of alkyl halides is 3. The van der Waals surface area contributed by atoms with Crippen molar-refractivity contribution in [3.05, 3.63) is 34.4 Å². The smallest absolute Gasteiger partial charge is 0.416 e. The number of amides is 1. The molecule has 1 atom stereocenters. The highest BCUT2D eigenvalue weighted by Gasteiger charge is 2.41. The highest BCUT2D eigenvalue weighted by molar-refractivity contribution is 5.99. The molecule has 0 bridgehead atoms. The molecule has 8 heteroatoms. The van der Waals surface area contributed by atoms with E-state index in [-0.39, 0.29) is 35.4 Å². The Kier molecular flexibility index (Phi) is 4.72. The van der Waals surface area contributed by atoms with Crippen LogP contribution in [0.1, 0.15) is 66.2 Å². The number of hydrogen-bond donors (Lipinski definition) is 2. The molecule has 0 saturated heterocycles. The highest BCUT2D eigenvalue weighted by atomic mass is 19.4. The van der Waals surface area contributed by atoms with Crippen LogP contribution in [-0.2, 0) is 22.3 Å². The minimum atomic E-state index is -4.62. The monoisotopic (exact) mass is 370 g/mol. The fraction of sp³-hybridized carbons (Fsp3) is 0.556. The van der Waals surface area contributed by atoms with E-state index in [1.54, 1.807) is 6.92 Å². The van der Waals surface area contributed by atoms with E-state index in [0.717, 1.165) is 25.3 Å². The summed E-state index contributed by atoms with van der Waals surface area (Å²) in [5.41, 5.74) is -1.25. The molecule has 1 saturated carbocycles. The first-order valence-corrected chi connectivity index (χ1v) is 8.61. The van der Waals surface area contributed by atoms with Crippen LogP contribution in [0.25, 0.3) is 0 Å². The van der Waals surface area contributed by atoms with Gasteiger partial charge >= 0.3 is 12.1 Å². The zero-order valence-corrected chi connectivity index (χ0v) is 14.6. The molecule has 2 N–H and O–H groups in total. The van der Waals surface area contributed by atoms with E-state index in [9.17, 15) is 22.8 Å². The minimum Gasteiger partial charge on any atom is -0.465 e. The average Bonchev–Trinajstić information content (AvgIpc) is 2.90. The van der Waals surface area contributed by atoms with Crippen molar-refractivity contribution in [2.75, 3.05) is 6.61 Å². The molecule has 26 heavy (non-hydrogen) atoms. The van der Waals surface area contributed by atoms with Crippen molar-refractivity contribution in [3.63, 3.8) is 0 Å². The summed E-state index contributed by atoms with van der Waals surface area (Å²) in [5.74, 6) is -1.21. The lowest BCUT2D eigenvalue weighted by Crippen LogP contribution is -2.51. The molecule has 0 aromatic heterocycles. The number of esters is 1. The van der Waals surface area contributed by atoms with Gasteiger partial charge in [-0.05, 0) is 56.4 Å². The molecule has 3 rings (SSSR count). The predicted molar refractivity (Wildman–Crippen MR) is 87.4 cm³/mol. The summed E-state index contributed by atoms with van der Waals surface area (Å²) in [6.07, 6.45) is -1.99. The first-order valence-electron chi connectivity index (χ1n) is 8.61. The highest BCUT2D eigenvalue weighted by Crippen LogP contribution is 2.39. The van der Waals surface area contributed by atoms with E-state index in [1.165, 1.54) is 6.07 Å². The topological polar surface area (TPSA) is 67.4 Å². The van der Waals surface area contributed by atoms with Gasteiger partial charge < -0.3 is 10.1 Å². The van der Waals surface area contributed by atoms with Crippen molar-refractivity contribution in [2.45, 2.75) is 57.4 Å². The Morgan fingerprint density at radius 3 is 2.62 bits per heavy atom. The molecule has 1 aliphatic carbocycles. The van der Waals surface area contributed by atoms with E-state index < -0.39 is 29.7 Å². The Morgan fingerprint density at radius 2 is 2.08 bits per heavy atom. The molecule has 2 aliphatic rings. The van der Waals surface area contributed by atoms with Gasteiger partial charge in [0.15, 0.2) is 0 Å². The summed E-state index contributed by atoms with van der Waals surface area (Å²) in [7, 11) is 0. The molecule has 1 heterocycles. The van der Waals surface area contributed by atoms with Crippen molar-refractivity contribution in [1.82, 2.24) is 10.6 Å². The number of fused-ring (bicyclic) bond motifs is 1. The molecule has 1 aliphatic heterocycles. The molecule has 1 amide bonds. The quantitative estimate of drug-likeness (QED) is 0.782. The molecule has 0 spiro atoms. The normalized spacial score (nSPS) is 19.3. The number of hydrogen-bond acceptors (Lipinski definition) is 4. The number of ether oxygens (including phenoxy) is 1. The summed E-state index contributed by atoms with van der Waals surface area (Å²) in [4.78, 5) is 24.4. The van der Waals surface area contributed by atoms with Crippen LogP contribution in [0.3, 0.4) is 0 Å². The largest absolute Gasteiger partial charge is 0.465 e. The maximum Gasteiger partial charge on any atom is 0.416 e. The summed E-state index contributed by atoms with van der Waals surface area (Å²) in [6.45, 7) is 3.51. The van der Waals surface area contributed by atoms with Gasteiger partial charge in [0.25, 0.3) is 5.91 Å². The third-order valence-electron chi connectivity index (χ3n) is 5.05. The minimum absolute atomic E-state index is 0.0373. The number of benzene rings is 1. The number of halogens is 3. The van der Waals surface area contributed by atoms with E-state index in [4.69, 9.17) is 4.74 Å². The Hall–Kier alpha value is -2.09. The number of rotatable bonds is 5. The maximum atomic E-state index is 13.5. The van der Waals surface area contributed by atoms with Gasteiger partial charge in [-0.3, -0.25) is 10.1 Å². The zero-order chi connectivity index (χ0) is 19.1. The van der Waals surface area contributed by atoms with E-state index in [2.05, 4.69) is 10.6 Å². The summed E-state index contributed by atoms with van der Waals surface area (Å²) in [6, 6.07) is 1.26. The number of carbonyl (C=O) groups is 2. The molecule has 142 valence electrons. The van der Waals surface area contributed by atoms with Crippen LogP contribution in [-0.4, -0.2) is 24.0 Å². The molecular formula is C18H21F3N2O3. The van der Waals surface area contributed by atoms with Crippen molar-refractivity contribution < 1.29 is 27.5 Å². The number of nitrogens with one attached hydrogen (secondary N) is 2. The maximum absolute atomic E-state index is 13.5. The second-order valence-electron chi connectivity index (χ2n) is 7.02. The third kappa shape index (κ3) is 3.42. The van der Waals surface area contributed by atoms with Crippen molar-refractivity contribution in [2.24, 2.45) is 0 Å². The van der Waals surface area contributed by atoms with E-state index >= 15 is 0 Å². The zero-order valence-electron chi connectivity index (χ0n) is 14.6. The molecule has 1 aromatic carbocycles. The molecule has 0 radical (unpaired) electrons.